The molecule has 0 aliphatic rings. The van der Waals surface area contributed by atoms with Gasteiger partial charge in [0.2, 0.25) is 0 Å². The van der Waals surface area contributed by atoms with Gasteiger partial charge in [-0.25, -0.2) is 4.39 Å². The molecule has 0 N–H and O–H groups in total. The third-order valence-corrected chi connectivity index (χ3v) is 3.17. The SMILES string of the molecule is Fc1ccc2oc3c4ccccc4ncc3c2c1. The Morgan fingerprint density at radius 3 is 2.78 bits per heavy atom. The standard InChI is InChI=1S/C15H8FNO/c16-9-5-6-14-11(7-9)12-8-17-13-4-2-1-3-10(13)15(12)18-14/h1-8H. The molecule has 0 aliphatic heterocycles. The summed E-state index contributed by atoms with van der Waals surface area (Å²) in [6.45, 7) is 0. The van der Waals surface area contributed by atoms with Crippen LogP contribution in [-0.2, 0) is 0 Å². The largest absolute Gasteiger partial charge is 0.455 e. The van der Waals surface area contributed by atoms with Crippen molar-refractivity contribution in [2.24, 2.45) is 0 Å². The van der Waals surface area contributed by atoms with Crippen molar-refractivity contribution >= 4 is 32.8 Å². The molecule has 2 heterocycles. The summed E-state index contributed by atoms with van der Waals surface area (Å²) < 4.78 is 19.1. The Hall–Kier alpha value is -2.42. The van der Waals surface area contributed by atoms with Gasteiger partial charge in [-0.2, -0.15) is 0 Å². The van der Waals surface area contributed by atoms with Gasteiger partial charge in [0.05, 0.1) is 5.52 Å². The lowest BCUT2D eigenvalue weighted by molar-refractivity contribution is 0.626. The summed E-state index contributed by atoms with van der Waals surface area (Å²) >= 11 is 0. The maximum Gasteiger partial charge on any atom is 0.146 e. The van der Waals surface area contributed by atoms with E-state index in [9.17, 15) is 4.39 Å². The number of hydrogen-bond acceptors (Lipinski definition) is 2. The highest BCUT2D eigenvalue weighted by Crippen LogP contribution is 2.32. The Bertz CT molecular complexity index is 895. The molecule has 0 fully saturated rings. The summed E-state index contributed by atoms with van der Waals surface area (Å²) in [5, 5.41) is 2.57. The van der Waals surface area contributed by atoms with Gasteiger partial charge in [0.1, 0.15) is 17.0 Å². The second kappa shape index (κ2) is 3.29. The molecule has 0 saturated carbocycles. The zero-order valence-electron chi connectivity index (χ0n) is 9.35. The van der Waals surface area contributed by atoms with E-state index in [0.29, 0.717) is 5.58 Å². The fourth-order valence-electron chi connectivity index (χ4n) is 2.33. The number of rotatable bonds is 0. The second-order valence-electron chi connectivity index (χ2n) is 4.26. The van der Waals surface area contributed by atoms with Gasteiger partial charge in [-0.05, 0) is 30.3 Å². The van der Waals surface area contributed by atoms with E-state index in [1.54, 1.807) is 12.3 Å². The minimum Gasteiger partial charge on any atom is -0.455 e. The molecule has 0 atom stereocenters. The van der Waals surface area contributed by atoms with Crippen LogP contribution < -0.4 is 0 Å². The number of pyridine rings is 1. The Morgan fingerprint density at radius 2 is 1.83 bits per heavy atom. The molecule has 0 bridgehead atoms. The molecule has 0 amide bonds. The predicted molar refractivity (Wildman–Crippen MR) is 69.0 cm³/mol. The number of hydrogen-bond donors (Lipinski definition) is 0. The van der Waals surface area contributed by atoms with Crippen molar-refractivity contribution in [2.75, 3.05) is 0 Å². The maximum absolute atomic E-state index is 13.3. The number of fused-ring (bicyclic) bond motifs is 5. The lowest BCUT2D eigenvalue weighted by Gasteiger charge is -1.96. The molecule has 2 aromatic heterocycles. The second-order valence-corrected chi connectivity index (χ2v) is 4.26. The first-order valence-corrected chi connectivity index (χ1v) is 5.68. The smallest absolute Gasteiger partial charge is 0.146 e. The lowest BCUT2D eigenvalue weighted by atomic mass is 10.1. The Kier molecular flexibility index (Phi) is 1.75. The van der Waals surface area contributed by atoms with Gasteiger partial charge < -0.3 is 4.42 Å². The Morgan fingerprint density at radius 1 is 0.944 bits per heavy atom. The van der Waals surface area contributed by atoms with Crippen LogP contribution in [0.4, 0.5) is 4.39 Å². The van der Waals surface area contributed by atoms with Crippen LogP contribution in [0.1, 0.15) is 0 Å². The summed E-state index contributed by atoms with van der Waals surface area (Å²) in [6, 6.07) is 12.3. The average Bonchev–Trinajstić information content (AvgIpc) is 2.77. The van der Waals surface area contributed by atoms with Crippen LogP contribution >= 0.6 is 0 Å². The Balaban J connectivity index is 2.30. The van der Waals surface area contributed by atoms with Crippen molar-refractivity contribution in [3.8, 4) is 0 Å². The van der Waals surface area contributed by atoms with E-state index >= 15 is 0 Å². The summed E-state index contributed by atoms with van der Waals surface area (Å²) in [5.74, 6) is -0.265. The first-order valence-electron chi connectivity index (χ1n) is 5.68. The minimum atomic E-state index is -0.265. The third kappa shape index (κ3) is 1.19. The van der Waals surface area contributed by atoms with Gasteiger partial charge in [-0.1, -0.05) is 12.1 Å². The molecule has 2 nitrogen and oxygen atoms in total. The zero-order chi connectivity index (χ0) is 12.1. The first-order chi connectivity index (χ1) is 8.83. The van der Waals surface area contributed by atoms with Crippen LogP contribution in [0.25, 0.3) is 32.8 Å². The first kappa shape index (κ1) is 9.59. The average molecular weight is 237 g/mol. The molecule has 0 unspecified atom stereocenters. The number of benzene rings is 2. The fraction of sp³-hybridized carbons (Fsp3) is 0. The monoisotopic (exact) mass is 237 g/mol. The van der Waals surface area contributed by atoms with E-state index in [1.807, 2.05) is 24.3 Å². The van der Waals surface area contributed by atoms with E-state index in [-0.39, 0.29) is 5.82 Å². The molecule has 0 saturated heterocycles. The van der Waals surface area contributed by atoms with Crippen molar-refractivity contribution in [1.29, 1.82) is 0 Å². The van der Waals surface area contributed by atoms with Gasteiger partial charge in [-0.3, -0.25) is 4.98 Å². The van der Waals surface area contributed by atoms with Gasteiger partial charge in [0, 0.05) is 22.4 Å². The van der Waals surface area contributed by atoms with Gasteiger partial charge in [-0.15, -0.1) is 0 Å². The summed E-state index contributed by atoms with van der Waals surface area (Å²) in [4.78, 5) is 4.38. The van der Waals surface area contributed by atoms with E-state index in [2.05, 4.69) is 4.98 Å². The van der Waals surface area contributed by atoms with E-state index in [0.717, 1.165) is 27.3 Å². The van der Waals surface area contributed by atoms with Crippen LogP contribution in [0.15, 0.2) is 53.1 Å². The van der Waals surface area contributed by atoms with Crippen LogP contribution in [0.3, 0.4) is 0 Å². The van der Waals surface area contributed by atoms with E-state index in [4.69, 9.17) is 4.42 Å². The lowest BCUT2D eigenvalue weighted by Crippen LogP contribution is -1.78. The summed E-state index contributed by atoms with van der Waals surface area (Å²) in [6.07, 6.45) is 1.74. The molecule has 3 heteroatoms. The van der Waals surface area contributed by atoms with Crippen molar-refractivity contribution in [3.05, 3.63) is 54.5 Å². The highest BCUT2D eigenvalue weighted by molar-refractivity contribution is 6.13. The van der Waals surface area contributed by atoms with Crippen LogP contribution in [0.5, 0.6) is 0 Å². The summed E-state index contributed by atoms with van der Waals surface area (Å²) in [5.41, 5.74) is 2.33. The number of aromatic nitrogens is 1. The van der Waals surface area contributed by atoms with Crippen molar-refractivity contribution < 1.29 is 8.81 Å². The van der Waals surface area contributed by atoms with Crippen molar-refractivity contribution in [1.82, 2.24) is 4.98 Å². The molecule has 4 rings (SSSR count). The fourth-order valence-corrected chi connectivity index (χ4v) is 2.33. The highest BCUT2D eigenvalue weighted by atomic mass is 19.1. The van der Waals surface area contributed by atoms with Crippen molar-refractivity contribution in [3.63, 3.8) is 0 Å². The van der Waals surface area contributed by atoms with Gasteiger partial charge >= 0.3 is 0 Å². The van der Waals surface area contributed by atoms with Crippen LogP contribution in [0, 0.1) is 5.82 Å². The quantitative estimate of drug-likeness (QED) is 0.456. The number of halogens is 1. The molecule has 0 aliphatic carbocycles. The van der Waals surface area contributed by atoms with Crippen LogP contribution in [0.2, 0.25) is 0 Å². The molecule has 4 aromatic rings. The molecule has 86 valence electrons. The van der Waals surface area contributed by atoms with Crippen LogP contribution in [-0.4, -0.2) is 4.98 Å². The van der Waals surface area contributed by atoms with E-state index in [1.165, 1.54) is 12.1 Å². The third-order valence-electron chi connectivity index (χ3n) is 3.17. The zero-order valence-corrected chi connectivity index (χ0v) is 9.35. The van der Waals surface area contributed by atoms with Gasteiger partial charge in [0.25, 0.3) is 0 Å². The topological polar surface area (TPSA) is 26.0 Å². The molecular formula is C15H8FNO. The summed E-state index contributed by atoms with van der Waals surface area (Å²) in [7, 11) is 0. The molecular weight excluding hydrogens is 229 g/mol. The predicted octanol–water partition coefficient (Wildman–Crippen LogP) is 4.27. The number of furan rings is 1. The molecule has 0 radical (unpaired) electrons. The Labute approximate surface area is 102 Å². The van der Waals surface area contributed by atoms with Crippen molar-refractivity contribution in [2.45, 2.75) is 0 Å². The molecule has 2 aromatic carbocycles. The number of nitrogens with zero attached hydrogens (tertiary/aromatic N) is 1. The maximum atomic E-state index is 13.3. The molecule has 18 heavy (non-hydrogen) atoms. The normalized spacial score (nSPS) is 11.6. The highest BCUT2D eigenvalue weighted by Gasteiger charge is 2.11. The molecule has 0 spiro atoms. The number of para-hydroxylation sites is 1. The van der Waals surface area contributed by atoms with E-state index < -0.39 is 0 Å². The van der Waals surface area contributed by atoms with Gasteiger partial charge in [0.15, 0.2) is 0 Å². The minimum absolute atomic E-state index is 0.265.